The van der Waals surface area contributed by atoms with Crippen LogP contribution in [-0.2, 0) is 12.7 Å². The lowest BCUT2D eigenvalue weighted by molar-refractivity contribution is -0.137. The van der Waals surface area contributed by atoms with Gasteiger partial charge in [0.2, 0.25) is 0 Å². The molecular weight excluding hydrogens is 445 g/mol. The van der Waals surface area contributed by atoms with Crippen LogP contribution in [0.15, 0.2) is 48.9 Å². The van der Waals surface area contributed by atoms with Crippen molar-refractivity contribution in [2.24, 2.45) is 0 Å². The van der Waals surface area contributed by atoms with Crippen LogP contribution in [0.3, 0.4) is 0 Å². The minimum Gasteiger partial charge on any atom is -0.323 e. The van der Waals surface area contributed by atoms with Crippen LogP contribution in [0.1, 0.15) is 42.5 Å². The molecule has 0 N–H and O–H groups in total. The van der Waals surface area contributed by atoms with Crippen LogP contribution in [-0.4, -0.2) is 60.6 Å². The van der Waals surface area contributed by atoms with E-state index in [1.165, 1.54) is 15.4 Å². The fraction of sp³-hybridized carbons (Fsp3) is 0.458. The number of nitrogens with zero attached hydrogens (tertiary/aromatic N) is 6. The molecule has 0 unspecified atom stereocenters. The maximum atomic E-state index is 13.6. The van der Waals surface area contributed by atoms with E-state index in [1.807, 2.05) is 11.8 Å². The van der Waals surface area contributed by atoms with Gasteiger partial charge in [0, 0.05) is 43.8 Å². The van der Waals surface area contributed by atoms with E-state index >= 15 is 0 Å². The molecule has 4 heterocycles. The fourth-order valence-corrected chi connectivity index (χ4v) is 5.29. The smallest absolute Gasteiger partial charge is 0.323 e. The molecule has 10 heteroatoms. The topological polar surface area (TPSA) is 59.2 Å². The number of halogens is 3. The molecule has 0 saturated carbocycles. The van der Waals surface area contributed by atoms with Gasteiger partial charge in [0.1, 0.15) is 0 Å². The lowest BCUT2D eigenvalue weighted by atomic mass is 9.84. The van der Waals surface area contributed by atoms with Crippen molar-refractivity contribution < 1.29 is 18.0 Å². The van der Waals surface area contributed by atoms with Crippen molar-refractivity contribution in [3.63, 3.8) is 0 Å². The lowest BCUT2D eigenvalue weighted by Crippen LogP contribution is -2.53. The zero-order chi connectivity index (χ0) is 23.9. The van der Waals surface area contributed by atoms with Gasteiger partial charge in [0.05, 0.1) is 16.9 Å². The van der Waals surface area contributed by atoms with Crippen molar-refractivity contribution in [1.29, 1.82) is 0 Å². The van der Waals surface area contributed by atoms with Crippen LogP contribution in [0, 0.1) is 6.92 Å². The van der Waals surface area contributed by atoms with Crippen molar-refractivity contribution in [3.05, 3.63) is 65.7 Å². The molecule has 2 aromatic heterocycles. The molecule has 2 fully saturated rings. The number of piperidine rings is 1. The number of amides is 1. The first-order chi connectivity index (χ1) is 16.2. The molecule has 5 rings (SSSR count). The van der Waals surface area contributed by atoms with Crippen LogP contribution in [0.5, 0.6) is 0 Å². The fourth-order valence-electron chi connectivity index (χ4n) is 5.29. The first kappa shape index (κ1) is 22.6. The van der Waals surface area contributed by atoms with Crippen molar-refractivity contribution >= 4 is 6.03 Å². The number of benzene rings is 1. The molecule has 2 aliphatic heterocycles. The highest BCUT2D eigenvalue weighted by Gasteiger charge is 2.44. The SMILES string of the molecule is Cc1ccn(C(=O)N2CCC3(CCCN3Cc3cc(-n4cccn4)cc(C(F)(F)F)c3)CC2)n1. The zero-order valence-electron chi connectivity index (χ0n) is 19.0. The maximum Gasteiger partial charge on any atom is 0.416 e. The Hall–Kier alpha value is -3.14. The average molecular weight is 473 g/mol. The van der Waals surface area contributed by atoms with Gasteiger partial charge < -0.3 is 4.90 Å². The number of hydrogen-bond donors (Lipinski definition) is 0. The van der Waals surface area contributed by atoms with Crippen molar-refractivity contribution in [3.8, 4) is 5.69 Å². The first-order valence-electron chi connectivity index (χ1n) is 11.5. The third-order valence-corrected chi connectivity index (χ3v) is 7.07. The Labute approximate surface area is 195 Å². The number of aromatic nitrogens is 4. The van der Waals surface area contributed by atoms with E-state index in [9.17, 15) is 18.0 Å². The molecule has 1 spiro atoms. The second-order valence-corrected chi connectivity index (χ2v) is 9.26. The van der Waals surface area contributed by atoms with E-state index in [-0.39, 0.29) is 11.6 Å². The van der Waals surface area contributed by atoms with Crippen molar-refractivity contribution in [2.45, 2.75) is 50.9 Å². The van der Waals surface area contributed by atoms with E-state index in [0.29, 0.717) is 30.9 Å². The molecule has 0 aliphatic carbocycles. The van der Waals surface area contributed by atoms with Gasteiger partial charge in [-0.05, 0) is 75.0 Å². The number of likely N-dealkylation sites (tertiary alicyclic amines) is 2. The van der Waals surface area contributed by atoms with Gasteiger partial charge in [-0.1, -0.05) is 0 Å². The van der Waals surface area contributed by atoms with Gasteiger partial charge in [-0.3, -0.25) is 4.90 Å². The second kappa shape index (κ2) is 8.57. The van der Waals surface area contributed by atoms with Crippen molar-refractivity contribution in [1.82, 2.24) is 29.4 Å². The van der Waals surface area contributed by atoms with Crippen LogP contribution in [0.4, 0.5) is 18.0 Å². The van der Waals surface area contributed by atoms with Crippen LogP contribution < -0.4 is 0 Å². The second-order valence-electron chi connectivity index (χ2n) is 9.26. The Bertz CT molecular complexity index is 1160. The molecule has 7 nitrogen and oxygen atoms in total. The monoisotopic (exact) mass is 472 g/mol. The first-order valence-corrected chi connectivity index (χ1v) is 11.5. The number of rotatable bonds is 3. The summed E-state index contributed by atoms with van der Waals surface area (Å²) in [5.74, 6) is 0. The van der Waals surface area contributed by atoms with Gasteiger partial charge in [-0.15, -0.1) is 0 Å². The molecule has 0 bridgehead atoms. The van der Waals surface area contributed by atoms with Crippen LogP contribution in [0.25, 0.3) is 5.69 Å². The summed E-state index contributed by atoms with van der Waals surface area (Å²) in [5.41, 5.74) is 1.04. The highest BCUT2D eigenvalue weighted by Crippen LogP contribution is 2.40. The van der Waals surface area contributed by atoms with E-state index in [0.717, 1.165) is 44.0 Å². The van der Waals surface area contributed by atoms with E-state index in [1.54, 1.807) is 36.8 Å². The quantitative estimate of drug-likeness (QED) is 0.564. The third-order valence-electron chi connectivity index (χ3n) is 7.07. The Morgan fingerprint density at radius 3 is 2.53 bits per heavy atom. The molecule has 0 atom stereocenters. The Morgan fingerprint density at radius 2 is 1.88 bits per heavy atom. The molecule has 2 saturated heterocycles. The summed E-state index contributed by atoms with van der Waals surface area (Å²) in [6.07, 6.45) is 4.01. The number of carbonyl (C=O) groups excluding carboxylic acids is 1. The Balaban J connectivity index is 1.34. The normalized spacial score (nSPS) is 18.6. The average Bonchev–Trinajstić information content (AvgIpc) is 3.56. The predicted molar refractivity (Wildman–Crippen MR) is 120 cm³/mol. The van der Waals surface area contributed by atoms with E-state index < -0.39 is 11.7 Å². The number of alkyl halides is 3. The molecule has 34 heavy (non-hydrogen) atoms. The summed E-state index contributed by atoms with van der Waals surface area (Å²) >= 11 is 0. The highest BCUT2D eigenvalue weighted by molar-refractivity contribution is 5.76. The third kappa shape index (κ3) is 4.34. The van der Waals surface area contributed by atoms with Gasteiger partial charge in [-0.25, -0.2) is 9.48 Å². The maximum absolute atomic E-state index is 13.6. The summed E-state index contributed by atoms with van der Waals surface area (Å²) in [5, 5.41) is 8.33. The summed E-state index contributed by atoms with van der Waals surface area (Å²) in [6, 6.07) is 7.53. The minimum atomic E-state index is -4.43. The van der Waals surface area contributed by atoms with E-state index in [2.05, 4.69) is 15.1 Å². The van der Waals surface area contributed by atoms with Crippen LogP contribution in [0.2, 0.25) is 0 Å². The van der Waals surface area contributed by atoms with Gasteiger partial charge in [0.25, 0.3) is 0 Å². The lowest BCUT2D eigenvalue weighted by Gasteiger charge is -2.45. The van der Waals surface area contributed by atoms with E-state index in [4.69, 9.17) is 0 Å². The molecule has 2 aliphatic rings. The molecular formula is C24H27F3N6O. The van der Waals surface area contributed by atoms with Gasteiger partial charge in [-0.2, -0.15) is 28.1 Å². The Kier molecular flexibility index (Phi) is 5.71. The largest absolute Gasteiger partial charge is 0.416 e. The summed E-state index contributed by atoms with van der Waals surface area (Å²) in [7, 11) is 0. The summed E-state index contributed by atoms with van der Waals surface area (Å²) in [6.45, 7) is 4.33. The molecule has 3 aromatic rings. The molecule has 1 aromatic carbocycles. The number of carbonyl (C=O) groups is 1. The van der Waals surface area contributed by atoms with Crippen LogP contribution >= 0.6 is 0 Å². The summed E-state index contributed by atoms with van der Waals surface area (Å²) in [4.78, 5) is 16.9. The highest BCUT2D eigenvalue weighted by atomic mass is 19.4. The standard InChI is InChI=1S/C24H27F3N6O/c1-18-4-11-33(29-18)22(34)30-12-6-23(7-13-30)5-2-9-31(23)17-19-14-20(24(25,26)27)16-21(15-19)32-10-3-8-28-32/h3-4,8,10-11,14-16H,2,5-7,9,12-13,17H2,1H3. The molecule has 180 valence electrons. The zero-order valence-corrected chi connectivity index (χ0v) is 19.0. The summed E-state index contributed by atoms with van der Waals surface area (Å²) < 4.78 is 43.7. The van der Waals surface area contributed by atoms with Crippen molar-refractivity contribution in [2.75, 3.05) is 19.6 Å². The molecule has 1 amide bonds. The predicted octanol–water partition coefficient (Wildman–Crippen LogP) is 4.49. The number of aryl methyl sites for hydroxylation is 1. The van der Waals surface area contributed by atoms with Gasteiger partial charge >= 0.3 is 12.2 Å². The minimum absolute atomic E-state index is 0.100. The Morgan fingerprint density at radius 1 is 1.09 bits per heavy atom. The number of hydrogen-bond acceptors (Lipinski definition) is 4. The van der Waals surface area contributed by atoms with Gasteiger partial charge in [0.15, 0.2) is 0 Å². The molecule has 0 radical (unpaired) electrons.